The minimum Gasteiger partial charge on any atom is -0.350 e. The predicted octanol–water partition coefficient (Wildman–Crippen LogP) is 1.47. The van der Waals surface area contributed by atoms with Crippen molar-refractivity contribution in [3.63, 3.8) is 0 Å². The van der Waals surface area contributed by atoms with Crippen LogP contribution in [0, 0.1) is 5.92 Å². The third kappa shape index (κ3) is 2.24. The molecule has 108 valence electrons. The first-order valence-corrected chi connectivity index (χ1v) is 7.46. The molecule has 20 heavy (non-hydrogen) atoms. The average Bonchev–Trinajstić information content (AvgIpc) is 2.98. The molecule has 0 amide bonds. The Bertz CT molecular complexity index is 566. The lowest BCUT2D eigenvalue weighted by atomic mass is 9.83. The van der Waals surface area contributed by atoms with Crippen LogP contribution in [0.5, 0.6) is 0 Å². The molecule has 0 spiro atoms. The zero-order chi connectivity index (χ0) is 13.9. The van der Waals surface area contributed by atoms with E-state index in [1.165, 1.54) is 25.7 Å². The molecule has 6 heteroatoms. The summed E-state index contributed by atoms with van der Waals surface area (Å²) in [4.78, 5) is 6.92. The van der Waals surface area contributed by atoms with Gasteiger partial charge in [0.25, 0.3) is 0 Å². The Labute approximate surface area is 119 Å². The quantitative estimate of drug-likeness (QED) is 0.914. The van der Waals surface area contributed by atoms with Crippen LogP contribution in [-0.2, 0) is 0 Å². The number of nitrogens with zero attached hydrogens (tertiary/aromatic N) is 5. The molecule has 0 bridgehead atoms. The van der Waals surface area contributed by atoms with Gasteiger partial charge in [-0.2, -0.15) is 0 Å². The molecule has 6 nitrogen and oxygen atoms in total. The zero-order valence-corrected chi connectivity index (χ0v) is 11.9. The molecule has 1 aliphatic carbocycles. The summed E-state index contributed by atoms with van der Waals surface area (Å²) in [5.41, 5.74) is 6.81. The van der Waals surface area contributed by atoms with Crippen LogP contribution >= 0.6 is 0 Å². The first-order chi connectivity index (χ1) is 9.85. The number of aromatic nitrogens is 4. The van der Waals surface area contributed by atoms with Gasteiger partial charge in [0.15, 0.2) is 5.82 Å². The van der Waals surface area contributed by atoms with Crippen molar-refractivity contribution in [2.24, 2.45) is 11.7 Å². The van der Waals surface area contributed by atoms with Crippen molar-refractivity contribution in [2.75, 3.05) is 18.0 Å². The fourth-order valence-corrected chi connectivity index (χ4v) is 3.36. The smallest absolute Gasteiger partial charge is 0.203 e. The van der Waals surface area contributed by atoms with Crippen LogP contribution in [0.4, 0.5) is 5.82 Å². The average molecular weight is 274 g/mol. The van der Waals surface area contributed by atoms with Crippen molar-refractivity contribution in [1.82, 2.24) is 19.6 Å². The summed E-state index contributed by atoms with van der Waals surface area (Å²) in [6.07, 6.45) is 10.4. The second-order valence-corrected chi connectivity index (χ2v) is 5.45. The van der Waals surface area contributed by atoms with Gasteiger partial charge < -0.3 is 10.6 Å². The molecule has 2 atom stereocenters. The highest BCUT2D eigenvalue weighted by Crippen LogP contribution is 2.31. The third-order valence-corrected chi connectivity index (χ3v) is 4.38. The van der Waals surface area contributed by atoms with E-state index in [4.69, 9.17) is 5.73 Å². The van der Waals surface area contributed by atoms with Crippen molar-refractivity contribution < 1.29 is 0 Å². The van der Waals surface area contributed by atoms with Gasteiger partial charge in [0.1, 0.15) is 6.33 Å². The number of hydrogen-bond acceptors (Lipinski definition) is 5. The SMILES string of the molecule is CCN(c1nccn2cnnc12)C1CCCCC1CN. The van der Waals surface area contributed by atoms with Crippen molar-refractivity contribution in [2.45, 2.75) is 38.6 Å². The number of hydrogen-bond donors (Lipinski definition) is 1. The van der Waals surface area contributed by atoms with Crippen molar-refractivity contribution in [1.29, 1.82) is 0 Å². The maximum Gasteiger partial charge on any atom is 0.203 e. The normalized spacial score (nSPS) is 23.1. The maximum absolute atomic E-state index is 5.98. The fourth-order valence-electron chi connectivity index (χ4n) is 3.36. The summed E-state index contributed by atoms with van der Waals surface area (Å²) in [6.45, 7) is 3.83. The van der Waals surface area contributed by atoms with E-state index in [-0.39, 0.29) is 0 Å². The Morgan fingerprint density at radius 1 is 1.40 bits per heavy atom. The lowest BCUT2D eigenvalue weighted by molar-refractivity contribution is 0.300. The van der Waals surface area contributed by atoms with Gasteiger partial charge in [-0.15, -0.1) is 10.2 Å². The van der Waals surface area contributed by atoms with Gasteiger partial charge in [-0.3, -0.25) is 4.40 Å². The van der Waals surface area contributed by atoms with Crippen molar-refractivity contribution in [3.8, 4) is 0 Å². The van der Waals surface area contributed by atoms with E-state index in [2.05, 4.69) is 27.0 Å². The van der Waals surface area contributed by atoms with E-state index in [9.17, 15) is 0 Å². The van der Waals surface area contributed by atoms with Crippen LogP contribution in [0.3, 0.4) is 0 Å². The molecule has 2 aromatic rings. The molecule has 1 saturated carbocycles. The summed E-state index contributed by atoms with van der Waals surface area (Å²) < 4.78 is 1.92. The van der Waals surface area contributed by atoms with Gasteiger partial charge in [-0.05, 0) is 32.2 Å². The number of nitrogens with two attached hydrogens (primary N) is 1. The molecule has 0 aliphatic heterocycles. The van der Waals surface area contributed by atoms with E-state index in [1.54, 1.807) is 6.33 Å². The molecule has 2 N–H and O–H groups in total. The molecular weight excluding hydrogens is 252 g/mol. The van der Waals surface area contributed by atoms with Gasteiger partial charge in [0.05, 0.1) is 0 Å². The Balaban J connectivity index is 1.98. The Morgan fingerprint density at radius 3 is 3.05 bits per heavy atom. The van der Waals surface area contributed by atoms with Gasteiger partial charge in [-0.1, -0.05) is 12.8 Å². The highest BCUT2D eigenvalue weighted by atomic mass is 15.3. The van der Waals surface area contributed by atoms with E-state index in [0.29, 0.717) is 12.0 Å². The number of rotatable bonds is 4. The van der Waals surface area contributed by atoms with Crippen LogP contribution < -0.4 is 10.6 Å². The van der Waals surface area contributed by atoms with Crippen LogP contribution in [0.25, 0.3) is 5.65 Å². The molecule has 1 aliphatic rings. The molecular formula is C14H22N6. The molecule has 0 radical (unpaired) electrons. The Hall–Kier alpha value is -1.69. The van der Waals surface area contributed by atoms with Crippen LogP contribution in [0.2, 0.25) is 0 Å². The standard InChI is InChI=1S/C14H22N6/c1-2-20(12-6-4-3-5-11(12)9-15)13-14-18-17-10-19(14)8-7-16-13/h7-8,10-12H,2-6,9,15H2,1H3. The lowest BCUT2D eigenvalue weighted by Gasteiger charge is -2.39. The first kappa shape index (κ1) is 13.3. The number of anilines is 1. The lowest BCUT2D eigenvalue weighted by Crippen LogP contribution is -2.45. The fraction of sp³-hybridized carbons (Fsp3) is 0.643. The highest BCUT2D eigenvalue weighted by molar-refractivity contribution is 5.63. The molecule has 0 saturated heterocycles. The minimum atomic E-state index is 0.467. The highest BCUT2D eigenvalue weighted by Gasteiger charge is 2.30. The van der Waals surface area contributed by atoms with Crippen LogP contribution in [0.1, 0.15) is 32.6 Å². The summed E-state index contributed by atoms with van der Waals surface area (Å²) in [5, 5.41) is 8.20. The summed E-state index contributed by atoms with van der Waals surface area (Å²) in [7, 11) is 0. The van der Waals surface area contributed by atoms with Crippen molar-refractivity contribution in [3.05, 3.63) is 18.7 Å². The minimum absolute atomic E-state index is 0.467. The summed E-state index contributed by atoms with van der Waals surface area (Å²) >= 11 is 0. The Kier molecular flexibility index (Phi) is 3.82. The van der Waals surface area contributed by atoms with Gasteiger partial charge >= 0.3 is 0 Å². The summed E-state index contributed by atoms with van der Waals surface area (Å²) in [5.74, 6) is 1.48. The monoisotopic (exact) mass is 274 g/mol. The molecule has 2 aromatic heterocycles. The Morgan fingerprint density at radius 2 is 2.25 bits per heavy atom. The first-order valence-electron chi connectivity index (χ1n) is 7.46. The predicted molar refractivity (Wildman–Crippen MR) is 78.6 cm³/mol. The second kappa shape index (κ2) is 5.75. The van der Waals surface area contributed by atoms with E-state index in [0.717, 1.165) is 24.6 Å². The van der Waals surface area contributed by atoms with Crippen LogP contribution in [0.15, 0.2) is 18.7 Å². The molecule has 3 rings (SSSR count). The largest absolute Gasteiger partial charge is 0.350 e. The van der Waals surface area contributed by atoms with Crippen molar-refractivity contribution >= 4 is 11.5 Å². The van der Waals surface area contributed by atoms with E-state index < -0.39 is 0 Å². The number of fused-ring (bicyclic) bond motifs is 1. The van der Waals surface area contributed by atoms with E-state index >= 15 is 0 Å². The topological polar surface area (TPSA) is 72.3 Å². The third-order valence-electron chi connectivity index (χ3n) is 4.38. The zero-order valence-electron chi connectivity index (χ0n) is 11.9. The second-order valence-electron chi connectivity index (χ2n) is 5.45. The summed E-state index contributed by atoms with van der Waals surface area (Å²) in [6, 6.07) is 0.467. The molecule has 0 aromatic carbocycles. The van der Waals surface area contributed by atoms with E-state index in [1.807, 2.05) is 16.8 Å². The van der Waals surface area contributed by atoms with Gasteiger partial charge in [0, 0.05) is 25.0 Å². The maximum atomic E-state index is 5.98. The van der Waals surface area contributed by atoms with Gasteiger partial charge in [-0.25, -0.2) is 4.98 Å². The molecule has 2 heterocycles. The van der Waals surface area contributed by atoms with Crippen LogP contribution in [-0.4, -0.2) is 38.7 Å². The van der Waals surface area contributed by atoms with Gasteiger partial charge in [0.2, 0.25) is 5.65 Å². The molecule has 1 fully saturated rings. The molecule has 2 unspecified atom stereocenters.